The smallest absolute Gasteiger partial charge is 0.0980 e. The summed E-state index contributed by atoms with van der Waals surface area (Å²) < 4.78 is 10.4. The quantitative estimate of drug-likeness (QED) is 0.432. The zero-order valence-electron chi connectivity index (χ0n) is 4.32. The maximum atomic E-state index is 4.94. The molecule has 0 rings (SSSR count). The minimum atomic E-state index is 0. The molecule has 0 atom stereocenters. The van der Waals surface area contributed by atoms with Crippen molar-refractivity contribution in [2.24, 2.45) is 0 Å². The average Bonchev–Trinajstić information content (AvgIpc) is 1.69. The fourth-order valence-corrected chi connectivity index (χ4v) is 0.508. The van der Waals surface area contributed by atoms with E-state index >= 15 is 0 Å². The van der Waals surface area contributed by atoms with Crippen LogP contribution in [-0.4, -0.2) is 24.9 Å². The minimum Gasteiger partial charge on any atom is -0.382 e. The molecular formula is C6H17IO2. The Morgan fingerprint density at radius 3 is 2.11 bits per heavy atom. The van der Waals surface area contributed by atoms with Crippen LogP contribution < -0.4 is 0 Å². The molecule has 0 heterocycles. The largest absolute Gasteiger partial charge is 0.382 e. The highest BCUT2D eigenvalue weighted by molar-refractivity contribution is 14.1. The zero-order chi connectivity index (χ0) is 5.54. The highest BCUT2D eigenvalue weighted by atomic mass is 127. The summed E-state index contributed by atoms with van der Waals surface area (Å²) in [5.41, 5.74) is 0. The summed E-state index contributed by atoms with van der Waals surface area (Å²) in [7, 11) is 1.66. The van der Waals surface area contributed by atoms with Gasteiger partial charge in [0.1, 0.15) is 0 Å². The molecule has 0 fully saturated rings. The molecule has 60 valence electrons. The van der Waals surface area contributed by atoms with Crippen LogP contribution in [0, 0.1) is 0 Å². The first kappa shape index (κ1) is 16.3. The van der Waals surface area contributed by atoms with E-state index in [2.05, 4.69) is 22.6 Å². The number of rotatable bonds is 4. The lowest BCUT2D eigenvalue weighted by atomic mass is 10.8. The average molecular weight is 248 g/mol. The van der Waals surface area contributed by atoms with Crippen molar-refractivity contribution in [3.05, 3.63) is 0 Å². The van der Waals surface area contributed by atoms with Gasteiger partial charge in [-0.05, 0) is 0 Å². The van der Waals surface area contributed by atoms with Crippen molar-refractivity contribution in [1.82, 2.24) is 0 Å². The highest BCUT2D eigenvalue weighted by Gasteiger charge is 1.78. The molecule has 0 aromatic rings. The predicted molar refractivity (Wildman–Crippen MR) is 50.2 cm³/mol. The molecule has 0 unspecified atom stereocenters. The molecule has 0 saturated carbocycles. The number of ether oxygens (including phenoxy) is 2. The number of methoxy groups -OCH3 is 1. The third-order valence-corrected chi connectivity index (χ3v) is 0.949. The Labute approximate surface area is 72.1 Å². The van der Waals surface area contributed by atoms with Gasteiger partial charge < -0.3 is 9.47 Å². The molecule has 0 amide bonds. The maximum Gasteiger partial charge on any atom is 0.0980 e. The van der Waals surface area contributed by atoms with E-state index in [4.69, 9.17) is 9.47 Å². The van der Waals surface area contributed by atoms with Gasteiger partial charge in [0.2, 0.25) is 0 Å². The van der Waals surface area contributed by atoms with Crippen LogP contribution in [0.15, 0.2) is 0 Å². The SMILES string of the molecule is C.C.COCCOCI. The Morgan fingerprint density at radius 2 is 1.78 bits per heavy atom. The van der Waals surface area contributed by atoms with Crippen LogP contribution in [0.5, 0.6) is 0 Å². The second-order valence-corrected chi connectivity index (χ2v) is 1.63. The molecule has 0 radical (unpaired) electrons. The van der Waals surface area contributed by atoms with Gasteiger partial charge in [0, 0.05) is 7.11 Å². The molecule has 0 aliphatic carbocycles. The lowest BCUT2D eigenvalue weighted by Crippen LogP contribution is -1.98. The van der Waals surface area contributed by atoms with E-state index in [1.165, 1.54) is 0 Å². The van der Waals surface area contributed by atoms with Crippen LogP contribution in [0.4, 0.5) is 0 Å². The Morgan fingerprint density at radius 1 is 1.22 bits per heavy atom. The first-order valence-corrected chi connectivity index (χ1v) is 3.57. The molecule has 0 bridgehead atoms. The van der Waals surface area contributed by atoms with Gasteiger partial charge in [0.05, 0.1) is 17.8 Å². The molecule has 0 aliphatic rings. The molecule has 9 heavy (non-hydrogen) atoms. The van der Waals surface area contributed by atoms with Gasteiger partial charge in [-0.15, -0.1) is 0 Å². The van der Waals surface area contributed by atoms with Crippen LogP contribution >= 0.6 is 22.6 Å². The van der Waals surface area contributed by atoms with E-state index in [0.29, 0.717) is 13.2 Å². The third kappa shape index (κ3) is 17.7. The molecular weight excluding hydrogens is 231 g/mol. The topological polar surface area (TPSA) is 18.5 Å². The Balaban J connectivity index is -0.000000180. The van der Waals surface area contributed by atoms with Crippen molar-refractivity contribution < 1.29 is 9.47 Å². The minimum absolute atomic E-state index is 0. The van der Waals surface area contributed by atoms with Gasteiger partial charge in [-0.25, -0.2) is 0 Å². The summed E-state index contributed by atoms with van der Waals surface area (Å²) in [5.74, 6) is 0. The van der Waals surface area contributed by atoms with Gasteiger partial charge in [0.25, 0.3) is 0 Å². The van der Waals surface area contributed by atoms with E-state index in [1.54, 1.807) is 7.11 Å². The van der Waals surface area contributed by atoms with Crippen molar-refractivity contribution in [2.45, 2.75) is 14.9 Å². The molecule has 3 heteroatoms. The van der Waals surface area contributed by atoms with E-state index < -0.39 is 0 Å². The number of alkyl halides is 1. The molecule has 0 spiro atoms. The van der Waals surface area contributed by atoms with Crippen LogP contribution in [0.3, 0.4) is 0 Å². The predicted octanol–water partition coefficient (Wildman–Crippen LogP) is 2.31. The van der Waals surface area contributed by atoms with Gasteiger partial charge in [-0.1, -0.05) is 37.4 Å². The van der Waals surface area contributed by atoms with Crippen LogP contribution in [0.1, 0.15) is 14.9 Å². The van der Waals surface area contributed by atoms with Crippen LogP contribution in [0.25, 0.3) is 0 Å². The Bertz CT molecular complexity index is 30.2. The van der Waals surface area contributed by atoms with Crippen molar-refractivity contribution in [1.29, 1.82) is 0 Å². The normalized spacial score (nSPS) is 7.33. The monoisotopic (exact) mass is 248 g/mol. The van der Waals surface area contributed by atoms with Gasteiger partial charge in [-0.2, -0.15) is 0 Å². The van der Waals surface area contributed by atoms with Gasteiger partial charge in [-0.3, -0.25) is 0 Å². The Kier molecular flexibility index (Phi) is 28.8. The van der Waals surface area contributed by atoms with Crippen molar-refractivity contribution in [3.63, 3.8) is 0 Å². The van der Waals surface area contributed by atoms with Crippen molar-refractivity contribution in [2.75, 3.05) is 24.9 Å². The first-order chi connectivity index (χ1) is 3.41. The summed E-state index contributed by atoms with van der Waals surface area (Å²) in [6.45, 7) is 1.41. The maximum absolute atomic E-state index is 4.94. The van der Waals surface area contributed by atoms with Crippen LogP contribution in [-0.2, 0) is 9.47 Å². The molecule has 0 aliphatic heterocycles. The molecule has 0 N–H and O–H groups in total. The van der Waals surface area contributed by atoms with E-state index in [1.807, 2.05) is 0 Å². The van der Waals surface area contributed by atoms with E-state index in [0.717, 1.165) is 4.61 Å². The summed E-state index contributed by atoms with van der Waals surface area (Å²) in [6, 6.07) is 0. The Hall–Kier alpha value is 0.650. The summed E-state index contributed by atoms with van der Waals surface area (Å²) in [5, 5.41) is 0. The lowest BCUT2D eigenvalue weighted by molar-refractivity contribution is 0.0991. The molecule has 2 nitrogen and oxygen atoms in total. The van der Waals surface area contributed by atoms with Crippen LogP contribution in [0.2, 0.25) is 0 Å². The fraction of sp³-hybridized carbons (Fsp3) is 1.00. The fourth-order valence-electron chi connectivity index (χ4n) is 0.197. The number of halogens is 1. The van der Waals surface area contributed by atoms with Crippen molar-refractivity contribution in [3.8, 4) is 0 Å². The molecule has 0 saturated heterocycles. The third-order valence-electron chi connectivity index (χ3n) is 0.509. The van der Waals surface area contributed by atoms with Crippen molar-refractivity contribution >= 4 is 22.6 Å². The number of hydrogen-bond donors (Lipinski definition) is 0. The highest BCUT2D eigenvalue weighted by Crippen LogP contribution is 1.81. The summed E-state index contributed by atoms with van der Waals surface area (Å²) in [6.07, 6.45) is 0. The van der Waals surface area contributed by atoms with E-state index in [9.17, 15) is 0 Å². The standard InChI is InChI=1S/C4H9IO2.2CH4/c1-6-2-3-7-4-5;;/h2-4H2,1H3;2*1H4. The zero-order valence-corrected chi connectivity index (χ0v) is 6.47. The molecule has 0 aromatic carbocycles. The first-order valence-electron chi connectivity index (χ1n) is 2.04. The second-order valence-electron chi connectivity index (χ2n) is 1.01. The summed E-state index contributed by atoms with van der Waals surface area (Å²) >= 11 is 2.15. The second kappa shape index (κ2) is 15.9. The van der Waals surface area contributed by atoms with E-state index in [-0.39, 0.29) is 14.9 Å². The van der Waals surface area contributed by atoms with Gasteiger partial charge in [0.15, 0.2) is 0 Å². The summed E-state index contributed by atoms with van der Waals surface area (Å²) in [4.78, 5) is 0. The molecule has 0 aromatic heterocycles. The lowest BCUT2D eigenvalue weighted by Gasteiger charge is -1.95. The van der Waals surface area contributed by atoms with Gasteiger partial charge >= 0.3 is 0 Å². The number of hydrogen-bond acceptors (Lipinski definition) is 2.